The minimum Gasteiger partial charge on any atom is -0.481 e. The molecule has 9 nitrogen and oxygen atoms in total. The zero-order valence-electron chi connectivity index (χ0n) is 18.7. The second kappa shape index (κ2) is 11.2. The van der Waals surface area contributed by atoms with Gasteiger partial charge in [-0.15, -0.1) is 0 Å². The number of nitrogens with one attached hydrogen (secondary N) is 1. The normalized spacial score (nSPS) is 19.9. The van der Waals surface area contributed by atoms with Crippen molar-refractivity contribution in [2.75, 3.05) is 26.8 Å². The van der Waals surface area contributed by atoms with Crippen molar-refractivity contribution in [3.63, 3.8) is 0 Å². The summed E-state index contributed by atoms with van der Waals surface area (Å²) in [6, 6.07) is 4.34. The van der Waals surface area contributed by atoms with Crippen LogP contribution in [0.4, 0.5) is 4.39 Å². The van der Waals surface area contributed by atoms with Gasteiger partial charge in [-0.25, -0.2) is 4.39 Å². The third-order valence-corrected chi connectivity index (χ3v) is 6.29. The van der Waals surface area contributed by atoms with E-state index in [1.54, 1.807) is 0 Å². The van der Waals surface area contributed by atoms with Crippen molar-refractivity contribution in [2.45, 2.75) is 50.7 Å². The lowest BCUT2D eigenvalue weighted by molar-refractivity contribution is -0.145. The van der Waals surface area contributed by atoms with Gasteiger partial charge in [0.15, 0.2) is 6.17 Å². The third kappa shape index (κ3) is 6.07. The molecule has 1 heterocycles. The summed E-state index contributed by atoms with van der Waals surface area (Å²) >= 11 is 0. The first-order valence-electron chi connectivity index (χ1n) is 11.2. The number of ether oxygens (including phenoxy) is 1. The molecule has 1 aliphatic carbocycles. The number of methoxy groups -OCH3 is 1. The largest absolute Gasteiger partial charge is 0.481 e. The van der Waals surface area contributed by atoms with Gasteiger partial charge in [0.2, 0.25) is 0 Å². The summed E-state index contributed by atoms with van der Waals surface area (Å²) in [5, 5.41) is 12.2. The Balaban J connectivity index is 1.85. The highest BCUT2D eigenvalue weighted by atomic mass is 19.1. The van der Waals surface area contributed by atoms with Gasteiger partial charge < -0.3 is 25.0 Å². The van der Waals surface area contributed by atoms with Gasteiger partial charge in [0, 0.05) is 31.8 Å². The summed E-state index contributed by atoms with van der Waals surface area (Å²) in [7, 11) is 1.36. The van der Waals surface area contributed by atoms with Crippen LogP contribution >= 0.6 is 0 Å². The highest BCUT2D eigenvalue weighted by Gasteiger charge is 2.44. The van der Waals surface area contributed by atoms with E-state index in [-0.39, 0.29) is 37.6 Å². The van der Waals surface area contributed by atoms with Crippen molar-refractivity contribution in [1.29, 1.82) is 0 Å². The molecule has 33 heavy (non-hydrogen) atoms. The van der Waals surface area contributed by atoms with Crippen molar-refractivity contribution in [2.24, 2.45) is 5.92 Å². The van der Waals surface area contributed by atoms with Gasteiger partial charge in [0.1, 0.15) is 12.4 Å². The molecule has 1 aromatic carbocycles. The molecule has 0 aromatic heterocycles. The molecule has 2 fully saturated rings. The highest BCUT2D eigenvalue weighted by molar-refractivity contribution is 5.99. The van der Waals surface area contributed by atoms with E-state index in [0.29, 0.717) is 0 Å². The van der Waals surface area contributed by atoms with E-state index in [1.165, 1.54) is 29.0 Å². The summed E-state index contributed by atoms with van der Waals surface area (Å²) in [4.78, 5) is 53.1. The molecule has 1 saturated carbocycles. The van der Waals surface area contributed by atoms with Gasteiger partial charge in [-0.3, -0.25) is 19.2 Å². The first-order chi connectivity index (χ1) is 15.8. The van der Waals surface area contributed by atoms with Crippen LogP contribution in [-0.2, 0) is 19.1 Å². The molecule has 3 amide bonds. The van der Waals surface area contributed by atoms with E-state index in [2.05, 4.69) is 5.32 Å². The Labute approximate surface area is 191 Å². The Kier molecular flexibility index (Phi) is 8.37. The molecule has 1 saturated heterocycles. The monoisotopic (exact) mass is 463 g/mol. The molecule has 0 radical (unpaired) electrons. The molecule has 3 rings (SSSR count). The van der Waals surface area contributed by atoms with E-state index in [4.69, 9.17) is 4.74 Å². The molecule has 1 aromatic rings. The Bertz CT molecular complexity index is 871. The quantitative estimate of drug-likeness (QED) is 0.605. The molecule has 2 N–H and O–H groups in total. The van der Waals surface area contributed by atoms with Crippen LogP contribution in [0.1, 0.15) is 48.9 Å². The number of carbonyl (C=O) groups excluding carboxylic acids is 3. The first kappa shape index (κ1) is 24.6. The molecule has 2 aliphatic rings. The predicted octanol–water partition coefficient (Wildman–Crippen LogP) is 1.62. The van der Waals surface area contributed by atoms with E-state index in [9.17, 15) is 28.7 Å². The van der Waals surface area contributed by atoms with Crippen molar-refractivity contribution >= 4 is 23.7 Å². The smallest absolute Gasteiger partial charge is 0.305 e. The second-order valence-corrected chi connectivity index (χ2v) is 8.51. The van der Waals surface area contributed by atoms with E-state index in [0.717, 1.165) is 44.2 Å². The zero-order chi connectivity index (χ0) is 24.0. The van der Waals surface area contributed by atoms with E-state index < -0.39 is 41.7 Å². The summed E-state index contributed by atoms with van der Waals surface area (Å²) in [6.45, 7) is -0.0272. The van der Waals surface area contributed by atoms with Crippen LogP contribution in [0.5, 0.6) is 0 Å². The molecule has 0 spiro atoms. The van der Waals surface area contributed by atoms with Crippen LogP contribution in [0.3, 0.4) is 0 Å². The summed E-state index contributed by atoms with van der Waals surface area (Å²) in [5.74, 6) is -3.09. The van der Waals surface area contributed by atoms with Gasteiger partial charge >= 0.3 is 5.97 Å². The number of halogens is 1. The second-order valence-electron chi connectivity index (χ2n) is 8.51. The minimum atomic E-state index is -1.25. The zero-order valence-corrected chi connectivity index (χ0v) is 18.7. The van der Waals surface area contributed by atoms with Crippen LogP contribution < -0.4 is 5.32 Å². The topological polar surface area (TPSA) is 116 Å². The predicted molar refractivity (Wildman–Crippen MR) is 116 cm³/mol. The van der Waals surface area contributed by atoms with Gasteiger partial charge in [-0.05, 0) is 43.0 Å². The summed E-state index contributed by atoms with van der Waals surface area (Å²) in [5.41, 5.74) is 0.185. The number of hydrogen-bond acceptors (Lipinski definition) is 5. The van der Waals surface area contributed by atoms with Crippen molar-refractivity contribution in [3.05, 3.63) is 35.6 Å². The third-order valence-electron chi connectivity index (χ3n) is 6.29. The van der Waals surface area contributed by atoms with Gasteiger partial charge in [-0.2, -0.15) is 0 Å². The SMILES string of the molecule is COCC(=O)N1CCN(C(=O)c2ccc(F)cc2)C1C(=O)NC(CC(=O)O)C1CCCCC1. The number of rotatable bonds is 8. The molecule has 0 bridgehead atoms. The molecule has 10 heteroatoms. The number of aliphatic carboxylic acids is 1. The number of hydrogen-bond donors (Lipinski definition) is 2. The maximum Gasteiger partial charge on any atom is 0.305 e. The number of carboxylic acids is 1. The number of carbonyl (C=O) groups is 4. The minimum absolute atomic E-state index is 0.0181. The lowest BCUT2D eigenvalue weighted by Crippen LogP contribution is -2.57. The number of benzene rings is 1. The van der Waals surface area contributed by atoms with Gasteiger partial charge in [0.25, 0.3) is 17.7 Å². The van der Waals surface area contributed by atoms with Crippen LogP contribution in [0, 0.1) is 11.7 Å². The molecular weight excluding hydrogens is 433 g/mol. The van der Waals surface area contributed by atoms with E-state index in [1.807, 2.05) is 0 Å². The molecule has 180 valence electrons. The van der Waals surface area contributed by atoms with Crippen LogP contribution in [-0.4, -0.2) is 77.6 Å². The van der Waals surface area contributed by atoms with Crippen molar-refractivity contribution in [3.8, 4) is 0 Å². The van der Waals surface area contributed by atoms with Gasteiger partial charge in [0.05, 0.1) is 6.42 Å². The maximum atomic E-state index is 13.4. The first-order valence-corrected chi connectivity index (χ1v) is 11.2. The molecule has 1 aliphatic heterocycles. The number of carboxylic acid groups (broad SMARTS) is 1. The highest BCUT2D eigenvalue weighted by Crippen LogP contribution is 2.28. The maximum absolute atomic E-state index is 13.4. The number of amides is 3. The molecular formula is C23H30FN3O6. The van der Waals surface area contributed by atoms with Gasteiger partial charge in [-0.1, -0.05) is 19.3 Å². The average Bonchev–Trinajstić information content (AvgIpc) is 3.24. The Morgan fingerprint density at radius 3 is 2.33 bits per heavy atom. The summed E-state index contributed by atoms with van der Waals surface area (Å²) in [6.07, 6.45) is 3.15. The van der Waals surface area contributed by atoms with Crippen molar-refractivity contribution in [1.82, 2.24) is 15.1 Å². The summed E-state index contributed by atoms with van der Waals surface area (Å²) < 4.78 is 18.2. The Morgan fingerprint density at radius 1 is 1.09 bits per heavy atom. The van der Waals surface area contributed by atoms with Crippen LogP contribution in [0.15, 0.2) is 24.3 Å². The Morgan fingerprint density at radius 2 is 1.73 bits per heavy atom. The fourth-order valence-electron chi connectivity index (χ4n) is 4.67. The lowest BCUT2D eigenvalue weighted by Gasteiger charge is -2.34. The molecule has 2 atom stereocenters. The standard InChI is InChI=1S/C23H30FN3O6/c1-33-14-19(28)26-11-12-27(23(32)16-7-9-17(24)10-8-16)22(26)21(31)25-18(13-20(29)30)15-5-3-2-4-6-15/h7-10,15,18,22H,2-6,11-14H2,1H3,(H,25,31)(H,29,30). The lowest BCUT2D eigenvalue weighted by atomic mass is 9.82. The van der Waals surface area contributed by atoms with E-state index >= 15 is 0 Å². The molecule has 2 unspecified atom stereocenters. The van der Waals surface area contributed by atoms with Crippen LogP contribution in [0.2, 0.25) is 0 Å². The van der Waals surface area contributed by atoms with Crippen LogP contribution in [0.25, 0.3) is 0 Å². The fourth-order valence-corrected chi connectivity index (χ4v) is 4.67. The fraction of sp³-hybridized carbons (Fsp3) is 0.565. The number of nitrogens with zero attached hydrogens (tertiary/aromatic N) is 2. The van der Waals surface area contributed by atoms with Crippen molar-refractivity contribution < 1.29 is 33.4 Å². The Hall–Kier alpha value is -3.01. The average molecular weight is 464 g/mol.